The van der Waals surface area contributed by atoms with Gasteiger partial charge in [-0.1, -0.05) is 0 Å². The number of carbonyl (C=O) groups excluding carboxylic acids is 1. The van der Waals surface area contributed by atoms with Gasteiger partial charge < -0.3 is 20.3 Å². The lowest BCUT2D eigenvalue weighted by Gasteiger charge is -2.09. The van der Waals surface area contributed by atoms with Gasteiger partial charge in [0.1, 0.15) is 6.10 Å². The van der Waals surface area contributed by atoms with Crippen molar-refractivity contribution in [3.05, 3.63) is 0 Å². The smallest absolute Gasteiger partial charge is 0.407 e. The van der Waals surface area contributed by atoms with Gasteiger partial charge in [-0.3, -0.25) is 0 Å². The molecule has 0 saturated carbocycles. The molecule has 0 aliphatic carbocycles. The van der Waals surface area contributed by atoms with Crippen LogP contribution in [0.15, 0.2) is 0 Å². The van der Waals surface area contributed by atoms with Gasteiger partial charge in [0.05, 0.1) is 19.3 Å². The maximum atomic E-state index is 10.4. The zero-order valence-electron chi connectivity index (χ0n) is 5.28. The van der Waals surface area contributed by atoms with E-state index in [1.54, 1.807) is 0 Å². The maximum absolute atomic E-state index is 10.4. The molecule has 0 aromatic rings. The lowest BCUT2D eigenvalue weighted by atomic mass is 10.2. The molecule has 1 amide bonds. The fourth-order valence-corrected chi connectivity index (χ4v) is 0.826. The van der Waals surface area contributed by atoms with Gasteiger partial charge >= 0.3 is 6.09 Å². The summed E-state index contributed by atoms with van der Waals surface area (Å²) in [5.74, 6) is 0. The molecule has 0 radical (unpaired) electrons. The Kier molecular flexibility index (Phi) is 2.08. The molecule has 0 aromatic carbocycles. The van der Waals surface area contributed by atoms with E-state index in [1.807, 2.05) is 0 Å². The zero-order valence-corrected chi connectivity index (χ0v) is 5.28. The number of amides is 1. The van der Waals surface area contributed by atoms with Crippen LogP contribution in [0.25, 0.3) is 0 Å². The van der Waals surface area contributed by atoms with Gasteiger partial charge in [0.25, 0.3) is 0 Å². The number of alkyl carbamates (subject to hydrolysis) is 1. The van der Waals surface area contributed by atoms with Crippen LogP contribution in [-0.2, 0) is 4.74 Å². The minimum Gasteiger partial charge on any atom is -0.441 e. The van der Waals surface area contributed by atoms with Gasteiger partial charge in [0.2, 0.25) is 0 Å². The highest BCUT2D eigenvalue weighted by Crippen LogP contribution is 2.06. The van der Waals surface area contributed by atoms with E-state index in [9.17, 15) is 4.79 Å². The number of ether oxygens (including phenoxy) is 1. The second-order valence-corrected chi connectivity index (χ2v) is 2.06. The highest BCUT2D eigenvalue weighted by atomic mass is 16.6. The van der Waals surface area contributed by atoms with Crippen LogP contribution in [0.4, 0.5) is 4.79 Å². The van der Waals surface area contributed by atoms with Crippen LogP contribution in [0.2, 0.25) is 0 Å². The van der Waals surface area contributed by atoms with Crippen LogP contribution in [0.5, 0.6) is 0 Å². The highest BCUT2D eigenvalue weighted by molar-refractivity contribution is 5.70. The second-order valence-electron chi connectivity index (χ2n) is 2.06. The average Bonchev–Trinajstić information content (AvgIpc) is 2.30. The third-order valence-electron chi connectivity index (χ3n) is 1.39. The van der Waals surface area contributed by atoms with Crippen molar-refractivity contribution in [3.8, 4) is 0 Å². The van der Waals surface area contributed by atoms with Gasteiger partial charge in [-0.05, 0) is 0 Å². The van der Waals surface area contributed by atoms with Crippen LogP contribution in [0.1, 0.15) is 0 Å². The van der Waals surface area contributed by atoms with E-state index in [-0.39, 0.29) is 13.2 Å². The Hall–Kier alpha value is -0.810. The molecule has 0 bridgehead atoms. The quantitative estimate of drug-likeness (QED) is 0.441. The number of hydrogen-bond donors (Lipinski definition) is 3. The number of cyclic esters (lactones) is 1. The summed E-state index contributed by atoms with van der Waals surface area (Å²) in [6, 6.07) is -0.461. The van der Waals surface area contributed by atoms with E-state index in [0.717, 1.165) is 0 Å². The minimum absolute atomic E-state index is 0.211. The number of aliphatic hydroxyl groups is 2. The first kappa shape index (κ1) is 7.30. The predicted molar refractivity (Wildman–Crippen MR) is 31.4 cm³/mol. The summed E-state index contributed by atoms with van der Waals surface area (Å²) < 4.78 is 4.55. The maximum Gasteiger partial charge on any atom is 0.407 e. The fraction of sp³-hybridized carbons (Fsp3) is 0.800. The van der Waals surface area contributed by atoms with E-state index in [0.29, 0.717) is 0 Å². The average molecular weight is 147 g/mol. The second kappa shape index (κ2) is 2.85. The number of nitrogens with one attached hydrogen (secondary N) is 1. The van der Waals surface area contributed by atoms with Crippen molar-refractivity contribution in [2.24, 2.45) is 0 Å². The van der Waals surface area contributed by atoms with Crippen molar-refractivity contribution in [1.82, 2.24) is 5.32 Å². The number of carbonyl (C=O) groups is 1. The van der Waals surface area contributed by atoms with E-state index < -0.39 is 18.2 Å². The van der Waals surface area contributed by atoms with Crippen LogP contribution >= 0.6 is 0 Å². The summed E-state index contributed by atoms with van der Waals surface area (Å²) in [5.41, 5.74) is 0. The first-order chi connectivity index (χ1) is 4.77. The minimum atomic E-state index is -0.600. The Labute approximate surface area is 57.6 Å². The normalized spacial score (nSPS) is 31.6. The highest BCUT2D eigenvalue weighted by Gasteiger charge is 2.32. The predicted octanol–water partition coefficient (Wildman–Crippen LogP) is -1.55. The first-order valence-electron chi connectivity index (χ1n) is 2.96. The molecule has 1 heterocycles. The molecule has 0 spiro atoms. The molecule has 1 fully saturated rings. The summed E-state index contributed by atoms with van der Waals surface area (Å²) in [4.78, 5) is 10.4. The van der Waals surface area contributed by atoms with Gasteiger partial charge in [0.15, 0.2) is 0 Å². The molecule has 0 unspecified atom stereocenters. The lowest BCUT2D eigenvalue weighted by molar-refractivity contribution is 0.0711. The Morgan fingerprint density at radius 2 is 2.20 bits per heavy atom. The van der Waals surface area contributed by atoms with Crippen molar-refractivity contribution in [2.45, 2.75) is 12.1 Å². The third-order valence-corrected chi connectivity index (χ3v) is 1.39. The van der Waals surface area contributed by atoms with Crippen LogP contribution < -0.4 is 5.32 Å². The molecular weight excluding hydrogens is 138 g/mol. The molecule has 1 aliphatic heterocycles. The molecule has 5 nitrogen and oxygen atoms in total. The van der Waals surface area contributed by atoms with Crippen molar-refractivity contribution < 1.29 is 19.7 Å². The van der Waals surface area contributed by atoms with Gasteiger partial charge in [-0.15, -0.1) is 0 Å². The van der Waals surface area contributed by atoms with Crippen LogP contribution in [0, 0.1) is 0 Å². The van der Waals surface area contributed by atoms with E-state index in [1.165, 1.54) is 0 Å². The molecule has 10 heavy (non-hydrogen) atoms. The molecule has 1 rings (SSSR count). The van der Waals surface area contributed by atoms with E-state index >= 15 is 0 Å². The Bertz CT molecular complexity index is 124. The summed E-state index contributed by atoms with van der Waals surface area (Å²) >= 11 is 0. The molecule has 0 aromatic heterocycles. The number of hydrogen-bond acceptors (Lipinski definition) is 4. The van der Waals surface area contributed by atoms with Crippen molar-refractivity contribution in [1.29, 1.82) is 0 Å². The SMILES string of the molecule is O=C1N[C@@H](CO)[C@H](CO)O1. The van der Waals surface area contributed by atoms with Crippen LogP contribution in [-0.4, -0.2) is 41.7 Å². The van der Waals surface area contributed by atoms with Crippen molar-refractivity contribution in [3.63, 3.8) is 0 Å². The summed E-state index contributed by atoms with van der Waals surface area (Å²) in [6.07, 6.45) is -1.18. The molecule has 1 aliphatic rings. The fourth-order valence-electron chi connectivity index (χ4n) is 0.826. The molecule has 2 atom stereocenters. The Morgan fingerprint density at radius 3 is 2.60 bits per heavy atom. The lowest BCUT2D eigenvalue weighted by Crippen LogP contribution is -2.36. The van der Waals surface area contributed by atoms with Crippen LogP contribution in [0.3, 0.4) is 0 Å². The zero-order chi connectivity index (χ0) is 7.56. The van der Waals surface area contributed by atoms with Gasteiger partial charge in [-0.2, -0.15) is 0 Å². The molecule has 5 heteroatoms. The largest absolute Gasteiger partial charge is 0.441 e. The summed E-state index contributed by atoms with van der Waals surface area (Å²) in [6.45, 7) is -0.471. The molecule has 1 saturated heterocycles. The Balaban J connectivity index is 2.48. The first-order valence-corrected chi connectivity index (χ1v) is 2.96. The van der Waals surface area contributed by atoms with Crippen molar-refractivity contribution in [2.75, 3.05) is 13.2 Å². The van der Waals surface area contributed by atoms with E-state index in [4.69, 9.17) is 10.2 Å². The van der Waals surface area contributed by atoms with Gasteiger partial charge in [-0.25, -0.2) is 4.79 Å². The molecular formula is C5H9NO4. The molecule has 58 valence electrons. The monoisotopic (exact) mass is 147 g/mol. The van der Waals surface area contributed by atoms with Gasteiger partial charge in [0, 0.05) is 0 Å². The third kappa shape index (κ3) is 1.19. The summed E-state index contributed by atoms with van der Waals surface area (Å²) in [5, 5.41) is 19.5. The number of rotatable bonds is 2. The standard InChI is InChI=1S/C5H9NO4/c7-1-3-4(2-8)10-5(9)6-3/h3-4,7-8H,1-2H2,(H,6,9)/t3-,4-/m0/s1. The van der Waals surface area contributed by atoms with E-state index in [2.05, 4.69) is 10.1 Å². The topological polar surface area (TPSA) is 78.8 Å². The Morgan fingerprint density at radius 1 is 1.50 bits per heavy atom. The number of aliphatic hydroxyl groups excluding tert-OH is 2. The van der Waals surface area contributed by atoms with Crippen molar-refractivity contribution >= 4 is 6.09 Å². The molecule has 3 N–H and O–H groups in total. The summed E-state index contributed by atoms with van der Waals surface area (Å²) in [7, 11) is 0.